The van der Waals surface area contributed by atoms with Gasteiger partial charge < -0.3 is 25.0 Å². The number of aromatic amines is 1. The van der Waals surface area contributed by atoms with Crippen LogP contribution >= 0.6 is 11.6 Å². The summed E-state index contributed by atoms with van der Waals surface area (Å²) in [5, 5.41) is 11.6. The zero-order valence-corrected chi connectivity index (χ0v) is 26.1. The minimum atomic E-state index is -0.428. The lowest BCUT2D eigenvalue weighted by molar-refractivity contribution is -0.114. The maximum atomic E-state index is 11.5. The number of ether oxygens (including phenoxy) is 1. The molecule has 2 heterocycles. The number of amides is 1. The normalized spacial score (nSPS) is 10.6. The van der Waals surface area contributed by atoms with Crippen LogP contribution in [0.4, 0.5) is 5.69 Å². The van der Waals surface area contributed by atoms with Crippen LogP contribution in [0.2, 0.25) is 5.28 Å². The van der Waals surface area contributed by atoms with Gasteiger partial charge in [-0.05, 0) is 61.1 Å². The first-order valence-corrected chi connectivity index (χ1v) is 14.1. The molecule has 0 bridgehead atoms. The maximum Gasteiger partial charge on any atom is 0.332 e. The molecule has 0 saturated heterocycles. The van der Waals surface area contributed by atoms with Gasteiger partial charge in [-0.25, -0.2) is 4.79 Å². The second-order valence-corrected chi connectivity index (χ2v) is 10.4. The Morgan fingerprint density at radius 3 is 2.00 bits per heavy atom. The summed E-state index contributed by atoms with van der Waals surface area (Å²) in [5.41, 5.74) is 2.74. The number of carbonyl (C=O) groups is 1. The first-order valence-electron chi connectivity index (χ1n) is 13.7. The minimum absolute atomic E-state index is 0.0161. The average Bonchev–Trinajstić information content (AvgIpc) is 3.41. The molecule has 0 fully saturated rings. The van der Waals surface area contributed by atoms with Crippen LogP contribution in [0, 0.1) is 0 Å². The van der Waals surface area contributed by atoms with Gasteiger partial charge in [-0.3, -0.25) is 18.7 Å². The van der Waals surface area contributed by atoms with Crippen molar-refractivity contribution in [3.8, 4) is 5.75 Å². The van der Waals surface area contributed by atoms with Crippen LogP contribution in [0.15, 0.2) is 94.5 Å². The van der Waals surface area contributed by atoms with E-state index >= 15 is 0 Å². The lowest BCUT2D eigenvalue weighted by Gasteiger charge is -2.20. The molecule has 12 heteroatoms. The zero-order valence-electron chi connectivity index (χ0n) is 25.3. The molecule has 0 aliphatic carbocycles. The number of carbonyl (C=O) groups excluding carboxylic acids is 1. The van der Waals surface area contributed by atoms with Gasteiger partial charge in [-0.2, -0.15) is 4.98 Å². The number of halogens is 1. The second kappa shape index (κ2) is 16.2. The molecule has 44 heavy (non-hydrogen) atoms. The molecule has 3 N–H and O–H groups in total. The van der Waals surface area contributed by atoms with E-state index in [1.165, 1.54) is 48.8 Å². The Morgan fingerprint density at radius 2 is 1.50 bits per heavy atom. The number of fused-ring (bicyclic) bond motifs is 1. The molecule has 0 spiro atoms. The maximum absolute atomic E-state index is 11.5. The Morgan fingerprint density at radius 1 is 0.955 bits per heavy atom. The lowest BCUT2D eigenvalue weighted by atomic mass is 10.0. The largest absolute Gasteiger partial charge is 0.508 e. The highest BCUT2D eigenvalue weighted by molar-refractivity contribution is 6.28. The van der Waals surface area contributed by atoms with Crippen LogP contribution in [-0.2, 0) is 23.6 Å². The summed E-state index contributed by atoms with van der Waals surface area (Å²) < 4.78 is 8.34. The van der Waals surface area contributed by atoms with Gasteiger partial charge >= 0.3 is 5.69 Å². The summed E-state index contributed by atoms with van der Waals surface area (Å²) >= 11 is 5.60. The summed E-state index contributed by atoms with van der Waals surface area (Å²) in [5.74, 6) is 0.0785. The van der Waals surface area contributed by atoms with E-state index in [2.05, 4.69) is 82.8 Å². The van der Waals surface area contributed by atoms with Gasteiger partial charge in [0.2, 0.25) is 11.2 Å². The van der Waals surface area contributed by atoms with E-state index in [9.17, 15) is 14.4 Å². The molecule has 0 saturated carbocycles. The molecule has 3 aromatic carbocycles. The highest BCUT2D eigenvalue weighted by Gasteiger charge is 2.14. The van der Waals surface area contributed by atoms with Crippen LogP contribution in [0.5, 0.6) is 5.75 Å². The number of hydrogen-bond donors (Lipinski definition) is 3. The molecule has 0 atom stereocenters. The van der Waals surface area contributed by atoms with E-state index in [0.29, 0.717) is 5.69 Å². The van der Waals surface area contributed by atoms with Crippen molar-refractivity contribution >= 4 is 34.4 Å². The van der Waals surface area contributed by atoms with Crippen molar-refractivity contribution in [1.29, 1.82) is 0 Å². The molecule has 2 aromatic heterocycles. The third-order valence-electron chi connectivity index (χ3n) is 6.28. The molecule has 0 aliphatic heterocycles. The van der Waals surface area contributed by atoms with Crippen molar-refractivity contribution in [3.63, 3.8) is 0 Å². The molecule has 0 radical (unpaired) electrons. The van der Waals surface area contributed by atoms with Crippen LogP contribution in [0.3, 0.4) is 0 Å². The first kappa shape index (κ1) is 33.8. The number of H-pyrrole nitrogens is 1. The van der Waals surface area contributed by atoms with Crippen molar-refractivity contribution in [2.24, 2.45) is 14.1 Å². The third-order valence-corrected chi connectivity index (χ3v) is 6.46. The predicted octanol–water partition coefficient (Wildman–Crippen LogP) is 4.32. The fourth-order valence-electron chi connectivity index (χ4n) is 4.04. The molecule has 0 unspecified atom stereocenters. The fraction of sp³-hybridized carbons (Fsp3) is 0.250. The number of nitrogens with one attached hydrogen (secondary N) is 2. The van der Waals surface area contributed by atoms with Gasteiger partial charge in [0.05, 0.1) is 6.61 Å². The number of anilines is 1. The Balaban J connectivity index is 0.000000188. The van der Waals surface area contributed by atoms with Crippen LogP contribution < -0.4 is 16.6 Å². The summed E-state index contributed by atoms with van der Waals surface area (Å²) in [7, 11) is 7.05. The number of phenolic OH excluding ortho intramolecular Hbond substituents is 1. The predicted molar refractivity (Wildman–Crippen MR) is 173 cm³/mol. The number of likely N-dealkylation sites (N-methyl/N-ethyl adjacent to an activating group) is 1. The second-order valence-electron chi connectivity index (χ2n) is 10.0. The highest BCUT2D eigenvalue weighted by Crippen LogP contribution is 2.25. The van der Waals surface area contributed by atoms with Gasteiger partial charge in [0.15, 0.2) is 11.2 Å². The summed E-state index contributed by atoms with van der Waals surface area (Å²) in [6.07, 6.45) is 0.0161. The Kier molecular flexibility index (Phi) is 12.5. The summed E-state index contributed by atoms with van der Waals surface area (Å²) in [6, 6.07) is 27.1. The van der Waals surface area contributed by atoms with E-state index < -0.39 is 11.2 Å². The topological polar surface area (TPSA) is 134 Å². The van der Waals surface area contributed by atoms with Gasteiger partial charge in [0, 0.05) is 33.3 Å². The molecule has 1 amide bonds. The SMILES string of the molecule is CC(=O)Nc1ccc(O)cc1.CN(C)CCOC(c1ccccc1)c1ccccc1.Cn1c(=O)c2[nH]c(Cl)nc2n(C)c1=O. The van der Waals surface area contributed by atoms with Crippen LogP contribution in [-0.4, -0.2) is 62.3 Å². The summed E-state index contributed by atoms with van der Waals surface area (Å²) in [4.78, 5) is 42.1. The fourth-order valence-corrected chi connectivity index (χ4v) is 4.21. The first-order chi connectivity index (χ1) is 21.0. The lowest BCUT2D eigenvalue weighted by Crippen LogP contribution is -2.36. The van der Waals surface area contributed by atoms with Crippen LogP contribution in [0.1, 0.15) is 24.2 Å². The number of rotatable bonds is 7. The highest BCUT2D eigenvalue weighted by atomic mass is 35.5. The Bertz CT molecular complexity index is 1710. The van der Waals surface area contributed by atoms with E-state index in [1.54, 1.807) is 12.1 Å². The van der Waals surface area contributed by atoms with Gasteiger partial charge in [0.25, 0.3) is 5.56 Å². The van der Waals surface area contributed by atoms with E-state index in [4.69, 9.17) is 21.4 Å². The number of aromatic hydroxyl groups is 1. The summed E-state index contributed by atoms with van der Waals surface area (Å²) in [6.45, 7) is 3.09. The molecule has 0 aliphatic rings. The average molecular weight is 621 g/mol. The van der Waals surface area contributed by atoms with Crippen molar-refractivity contribution in [3.05, 3.63) is 122 Å². The number of imidazole rings is 1. The van der Waals surface area contributed by atoms with E-state index in [1.807, 2.05) is 12.1 Å². The molecule has 5 rings (SSSR count). The van der Waals surface area contributed by atoms with E-state index in [-0.39, 0.29) is 34.2 Å². The molecule has 11 nitrogen and oxygen atoms in total. The standard InChI is InChI=1S/C17H21NO.C8H9NO2.C7H7ClN4O2/c1-18(2)13-14-19-17(15-9-5-3-6-10-15)16-11-7-4-8-12-16;1-6(10)9-7-2-4-8(11)5-3-7;1-11-4-3(9-6(8)10-4)5(13)12(2)7(11)14/h3-12,17H,13-14H2,1-2H3;2-5,11H,1H3,(H,9,10);1-2H3,(H,9,10). The number of aromatic nitrogens is 4. The smallest absolute Gasteiger partial charge is 0.332 e. The third kappa shape index (κ3) is 9.66. The van der Waals surface area contributed by atoms with Crippen molar-refractivity contribution in [2.75, 3.05) is 32.6 Å². The number of hydrogen-bond acceptors (Lipinski definition) is 7. The Labute approximate surface area is 260 Å². The van der Waals surface area contributed by atoms with Crippen molar-refractivity contribution in [2.45, 2.75) is 13.0 Å². The number of benzene rings is 3. The zero-order chi connectivity index (χ0) is 32.2. The van der Waals surface area contributed by atoms with Gasteiger partial charge in [-0.1, -0.05) is 60.7 Å². The molecular weight excluding hydrogens is 584 g/mol. The monoisotopic (exact) mass is 620 g/mol. The minimum Gasteiger partial charge on any atom is -0.508 e. The van der Waals surface area contributed by atoms with E-state index in [0.717, 1.165) is 17.7 Å². The van der Waals surface area contributed by atoms with Crippen molar-refractivity contribution in [1.82, 2.24) is 24.0 Å². The quantitative estimate of drug-likeness (QED) is 0.182. The molecule has 232 valence electrons. The van der Waals surface area contributed by atoms with Gasteiger partial charge in [-0.15, -0.1) is 0 Å². The van der Waals surface area contributed by atoms with Crippen LogP contribution in [0.25, 0.3) is 11.2 Å². The molecular formula is C32H37ClN6O5. The number of nitrogens with zero attached hydrogens (tertiary/aromatic N) is 4. The number of phenols is 1. The number of aryl methyl sites for hydroxylation is 1. The van der Waals surface area contributed by atoms with Crippen molar-refractivity contribution < 1.29 is 14.6 Å². The Hall–Kier alpha value is -4.71. The molecule has 5 aromatic rings. The van der Waals surface area contributed by atoms with Gasteiger partial charge in [0.1, 0.15) is 11.9 Å².